The van der Waals surface area contributed by atoms with E-state index in [2.05, 4.69) is 109 Å². The number of para-hydroxylation sites is 1. The van der Waals surface area contributed by atoms with Crippen molar-refractivity contribution >= 4 is 85.1 Å². The van der Waals surface area contributed by atoms with Gasteiger partial charge in [0.2, 0.25) is 0 Å². The Morgan fingerprint density at radius 3 is 1.74 bits per heavy atom. The number of fused-ring (bicyclic) bond motifs is 9. The lowest BCUT2D eigenvalue weighted by atomic mass is 10.1. The molecule has 12 aromatic rings. The van der Waals surface area contributed by atoms with Gasteiger partial charge in [-0.2, -0.15) is 0 Å². The number of aromatic nitrogens is 5. The molecule has 57 heavy (non-hydrogen) atoms. The van der Waals surface area contributed by atoms with Crippen LogP contribution in [0, 0.1) is 0 Å². The molecule has 7 aromatic carbocycles. The summed E-state index contributed by atoms with van der Waals surface area (Å²) < 4.78 is 11.1. The van der Waals surface area contributed by atoms with Gasteiger partial charge in [-0.05, 0) is 36.4 Å². The quantitative estimate of drug-likeness (QED) is 0.174. The summed E-state index contributed by atoms with van der Waals surface area (Å²) >= 11 is 3.53. The first-order chi connectivity index (χ1) is 28.2. The number of rotatable bonds is 5. The van der Waals surface area contributed by atoms with Crippen LogP contribution in [0.25, 0.3) is 119 Å². The van der Waals surface area contributed by atoms with Crippen LogP contribution >= 0.6 is 22.7 Å². The van der Waals surface area contributed by atoms with Crippen LogP contribution in [0.4, 0.5) is 0 Å². The molecule has 0 bridgehead atoms. The number of hydrogen-bond acceptors (Lipinski definition) is 8. The molecule has 12 rings (SSSR count). The number of nitrogens with zero attached hydrogens (tertiary/aromatic N) is 5. The van der Waals surface area contributed by atoms with Crippen molar-refractivity contribution in [1.29, 1.82) is 0 Å². The van der Waals surface area contributed by atoms with Gasteiger partial charge in [0.15, 0.2) is 28.9 Å². The summed E-state index contributed by atoms with van der Waals surface area (Å²) in [7, 11) is 0. The standard InChI is InChI=1S/C49H27N5OS2/c1-3-12-28(13-4-1)42-44-43(36-17-7-9-20-38(36)55-44)51-47(50-42)30-23-25-34-35-18-11-19-37(45(35)57-41(34)27-30)49-53-46(29-14-5-2-6-15-29)52-48(54-49)31-22-24-33-32-16-8-10-21-39(32)56-40(33)26-31/h1-27H. The van der Waals surface area contributed by atoms with E-state index in [0.29, 0.717) is 28.9 Å². The maximum absolute atomic E-state index is 6.36. The fourth-order valence-corrected chi connectivity index (χ4v) is 10.2. The van der Waals surface area contributed by atoms with Crippen molar-refractivity contribution in [2.75, 3.05) is 0 Å². The van der Waals surface area contributed by atoms with Crippen LogP contribution in [0.3, 0.4) is 0 Å². The van der Waals surface area contributed by atoms with E-state index in [1.54, 1.807) is 22.7 Å². The molecule has 0 spiro atoms. The van der Waals surface area contributed by atoms with Gasteiger partial charge in [-0.1, -0.05) is 127 Å². The predicted molar refractivity (Wildman–Crippen MR) is 236 cm³/mol. The molecule has 0 fully saturated rings. The van der Waals surface area contributed by atoms with E-state index in [0.717, 1.165) is 70.2 Å². The smallest absolute Gasteiger partial charge is 0.180 e. The van der Waals surface area contributed by atoms with E-state index in [9.17, 15) is 0 Å². The van der Waals surface area contributed by atoms with E-state index in [1.165, 1.54) is 20.2 Å². The summed E-state index contributed by atoms with van der Waals surface area (Å²) in [6.45, 7) is 0. The molecule has 0 saturated carbocycles. The van der Waals surface area contributed by atoms with Gasteiger partial charge in [0, 0.05) is 73.5 Å². The Bertz CT molecular complexity index is 3540. The molecule has 0 radical (unpaired) electrons. The maximum atomic E-state index is 6.36. The third-order valence-corrected chi connectivity index (χ3v) is 12.9. The Balaban J connectivity index is 1.02. The molecule has 6 nitrogen and oxygen atoms in total. The van der Waals surface area contributed by atoms with E-state index in [-0.39, 0.29) is 0 Å². The lowest BCUT2D eigenvalue weighted by Gasteiger charge is -2.09. The molecule has 0 unspecified atom stereocenters. The van der Waals surface area contributed by atoms with E-state index in [4.69, 9.17) is 29.3 Å². The minimum Gasteiger partial charge on any atom is -0.452 e. The lowest BCUT2D eigenvalue weighted by Crippen LogP contribution is -2.00. The fraction of sp³-hybridized carbons (Fsp3) is 0. The van der Waals surface area contributed by atoms with Crippen molar-refractivity contribution in [3.8, 4) is 56.8 Å². The van der Waals surface area contributed by atoms with Crippen LogP contribution in [0.2, 0.25) is 0 Å². The normalized spacial score (nSPS) is 11.9. The second kappa shape index (κ2) is 12.7. The van der Waals surface area contributed by atoms with Crippen LogP contribution in [0.15, 0.2) is 168 Å². The highest BCUT2D eigenvalue weighted by Crippen LogP contribution is 2.42. The molecule has 5 heterocycles. The number of benzene rings is 7. The Morgan fingerprint density at radius 2 is 0.947 bits per heavy atom. The second-order valence-electron chi connectivity index (χ2n) is 14.0. The minimum absolute atomic E-state index is 0.640. The van der Waals surface area contributed by atoms with Crippen molar-refractivity contribution in [3.05, 3.63) is 164 Å². The van der Waals surface area contributed by atoms with Crippen LogP contribution < -0.4 is 0 Å². The molecule has 8 heteroatoms. The highest BCUT2D eigenvalue weighted by atomic mass is 32.1. The first-order valence-electron chi connectivity index (χ1n) is 18.7. The summed E-state index contributed by atoms with van der Waals surface area (Å²) in [4.78, 5) is 25.7. The minimum atomic E-state index is 0.640. The van der Waals surface area contributed by atoms with Gasteiger partial charge in [0.1, 0.15) is 16.8 Å². The molecule has 0 atom stereocenters. The predicted octanol–water partition coefficient (Wildman–Crippen LogP) is 13.6. The van der Waals surface area contributed by atoms with Crippen molar-refractivity contribution in [2.24, 2.45) is 0 Å². The zero-order chi connectivity index (χ0) is 37.5. The van der Waals surface area contributed by atoms with Crippen LogP contribution in [0.5, 0.6) is 0 Å². The highest BCUT2D eigenvalue weighted by molar-refractivity contribution is 7.26. The Hall–Kier alpha value is -7.13. The third-order valence-electron chi connectivity index (χ3n) is 10.6. The molecule has 0 amide bonds. The lowest BCUT2D eigenvalue weighted by molar-refractivity contribution is 0.667. The second-order valence-corrected chi connectivity index (χ2v) is 16.2. The molecule has 0 N–H and O–H groups in total. The summed E-state index contributed by atoms with van der Waals surface area (Å²) in [5.41, 5.74) is 7.84. The summed E-state index contributed by atoms with van der Waals surface area (Å²) in [5.74, 6) is 2.58. The maximum Gasteiger partial charge on any atom is 0.180 e. The molecule has 0 saturated heterocycles. The van der Waals surface area contributed by atoms with Crippen LogP contribution in [0.1, 0.15) is 0 Å². The van der Waals surface area contributed by atoms with Gasteiger partial charge in [0.25, 0.3) is 0 Å². The number of thiophene rings is 2. The van der Waals surface area contributed by atoms with Crippen molar-refractivity contribution in [3.63, 3.8) is 0 Å². The topological polar surface area (TPSA) is 77.6 Å². The fourth-order valence-electron chi connectivity index (χ4n) is 7.83. The zero-order valence-electron chi connectivity index (χ0n) is 30.0. The Labute approximate surface area is 333 Å². The zero-order valence-corrected chi connectivity index (χ0v) is 31.7. The monoisotopic (exact) mass is 765 g/mol. The number of hydrogen-bond donors (Lipinski definition) is 0. The highest BCUT2D eigenvalue weighted by Gasteiger charge is 2.20. The summed E-state index contributed by atoms with van der Waals surface area (Å²) in [6.07, 6.45) is 0. The van der Waals surface area contributed by atoms with Gasteiger partial charge in [-0.25, -0.2) is 24.9 Å². The number of furan rings is 1. The molecule has 0 aliphatic heterocycles. The van der Waals surface area contributed by atoms with Gasteiger partial charge < -0.3 is 4.42 Å². The average molecular weight is 766 g/mol. The van der Waals surface area contributed by atoms with Crippen LogP contribution in [-0.2, 0) is 0 Å². The Kier molecular flexibility index (Phi) is 7.17. The van der Waals surface area contributed by atoms with Gasteiger partial charge in [-0.15, -0.1) is 22.7 Å². The average Bonchev–Trinajstić information content (AvgIpc) is 3.97. The first-order valence-corrected chi connectivity index (χ1v) is 20.3. The third kappa shape index (κ3) is 5.26. The van der Waals surface area contributed by atoms with E-state index < -0.39 is 0 Å². The van der Waals surface area contributed by atoms with E-state index in [1.807, 2.05) is 54.6 Å². The van der Waals surface area contributed by atoms with E-state index >= 15 is 0 Å². The van der Waals surface area contributed by atoms with Gasteiger partial charge >= 0.3 is 0 Å². The molecule has 0 aliphatic carbocycles. The van der Waals surface area contributed by atoms with Crippen molar-refractivity contribution in [2.45, 2.75) is 0 Å². The SMILES string of the molecule is c1ccc(-c2nc(-c3ccc4c(c3)sc3ccccc34)nc(-c3cccc4c3sc3cc(-c5nc(-c6ccccc6)c6oc7ccccc7c6n5)ccc34)n2)cc1. The molecular formula is C49H27N5OS2. The Morgan fingerprint density at radius 1 is 0.368 bits per heavy atom. The molecule has 0 aliphatic rings. The summed E-state index contributed by atoms with van der Waals surface area (Å²) in [5, 5.41) is 5.79. The molecular weight excluding hydrogens is 739 g/mol. The van der Waals surface area contributed by atoms with Gasteiger partial charge in [-0.3, -0.25) is 0 Å². The van der Waals surface area contributed by atoms with Gasteiger partial charge in [0.05, 0.1) is 0 Å². The van der Waals surface area contributed by atoms with Crippen LogP contribution in [-0.4, -0.2) is 24.9 Å². The van der Waals surface area contributed by atoms with Crippen molar-refractivity contribution in [1.82, 2.24) is 24.9 Å². The van der Waals surface area contributed by atoms with Crippen molar-refractivity contribution < 1.29 is 4.42 Å². The largest absolute Gasteiger partial charge is 0.452 e. The summed E-state index contributed by atoms with van der Waals surface area (Å²) in [6, 6.07) is 56.4. The molecule has 5 aromatic heterocycles. The first kappa shape index (κ1) is 32.1. The molecule has 266 valence electrons.